The fraction of sp³-hybridized carbons (Fsp3) is 0.684. The Balaban J connectivity index is 0.000000774. The van der Waals surface area contributed by atoms with Crippen molar-refractivity contribution in [2.24, 2.45) is 5.41 Å². The molecule has 3 aliphatic carbocycles. The van der Waals surface area contributed by atoms with Gasteiger partial charge in [-0.1, -0.05) is 38.5 Å². The molecule has 2 bridgehead atoms. The zero-order valence-corrected chi connectivity index (χ0v) is 14.1. The fourth-order valence-electron chi connectivity index (χ4n) is 3.41. The van der Waals surface area contributed by atoms with Gasteiger partial charge in [0.25, 0.3) is 0 Å². The number of aryl methyl sites for hydroxylation is 1. The molecule has 2 nitrogen and oxygen atoms in total. The summed E-state index contributed by atoms with van der Waals surface area (Å²) in [4.78, 5) is 0. The number of hydrogen-bond donors (Lipinski definition) is 0. The molecule has 1 aromatic rings. The summed E-state index contributed by atoms with van der Waals surface area (Å²) < 4.78 is 11.8. The average molecular weight is 290 g/mol. The maximum absolute atomic E-state index is 6.11. The average Bonchev–Trinajstić information content (AvgIpc) is 2.53. The van der Waals surface area contributed by atoms with Crippen LogP contribution in [0.3, 0.4) is 0 Å². The molecule has 0 aromatic heterocycles. The van der Waals surface area contributed by atoms with E-state index in [1.54, 1.807) is 0 Å². The van der Waals surface area contributed by atoms with Gasteiger partial charge in [-0.3, -0.25) is 0 Å². The minimum absolute atomic E-state index is 0.114. The van der Waals surface area contributed by atoms with Gasteiger partial charge in [-0.15, -0.1) is 0 Å². The molecule has 0 atom stereocenters. The summed E-state index contributed by atoms with van der Waals surface area (Å²) in [5.41, 5.74) is 1.97. The van der Waals surface area contributed by atoms with E-state index < -0.39 is 0 Å². The predicted molar refractivity (Wildman–Crippen MR) is 87.6 cm³/mol. The molecule has 2 heteroatoms. The second-order valence-electron chi connectivity index (χ2n) is 6.71. The standard InChI is InChI=1S/C17H24O2.C2H6/c1-14-3-5-15(6-4-14)18-13-19-17-10-7-16(2,8-11-17)9-12-17;1-2/h3-6H,7-13H2,1-2H3;1-2H3. The highest BCUT2D eigenvalue weighted by molar-refractivity contribution is 5.26. The van der Waals surface area contributed by atoms with Gasteiger partial charge in [0.2, 0.25) is 0 Å². The van der Waals surface area contributed by atoms with Crippen molar-refractivity contribution in [3.05, 3.63) is 29.8 Å². The smallest absolute Gasteiger partial charge is 0.189 e. The van der Waals surface area contributed by atoms with Crippen LogP contribution in [0.1, 0.15) is 64.9 Å². The molecule has 1 aromatic carbocycles. The van der Waals surface area contributed by atoms with Gasteiger partial charge in [-0.2, -0.15) is 0 Å². The lowest BCUT2D eigenvalue weighted by atomic mass is 9.59. The molecular formula is C19H30O2. The van der Waals surface area contributed by atoms with Crippen LogP contribution in [0.15, 0.2) is 24.3 Å². The Hall–Kier alpha value is -1.02. The van der Waals surface area contributed by atoms with Crippen LogP contribution < -0.4 is 4.74 Å². The molecule has 118 valence electrons. The van der Waals surface area contributed by atoms with Crippen LogP contribution in [0.2, 0.25) is 0 Å². The zero-order valence-electron chi connectivity index (χ0n) is 14.1. The molecule has 21 heavy (non-hydrogen) atoms. The van der Waals surface area contributed by atoms with Crippen molar-refractivity contribution in [3.63, 3.8) is 0 Å². The van der Waals surface area contributed by atoms with Gasteiger partial charge in [0.1, 0.15) is 5.75 Å². The molecule has 3 aliphatic rings. The van der Waals surface area contributed by atoms with Crippen molar-refractivity contribution in [2.75, 3.05) is 6.79 Å². The molecule has 3 fully saturated rings. The molecular weight excluding hydrogens is 260 g/mol. The van der Waals surface area contributed by atoms with Crippen LogP contribution in [0.5, 0.6) is 5.75 Å². The van der Waals surface area contributed by atoms with Crippen LogP contribution >= 0.6 is 0 Å². The second kappa shape index (κ2) is 6.83. The Labute approximate surface area is 129 Å². The Morgan fingerprint density at radius 1 is 0.905 bits per heavy atom. The van der Waals surface area contributed by atoms with E-state index in [4.69, 9.17) is 9.47 Å². The monoisotopic (exact) mass is 290 g/mol. The number of rotatable bonds is 4. The number of ether oxygens (including phenoxy) is 2. The SMILES string of the molecule is CC.Cc1ccc(OCOC23CCC(C)(CC2)CC3)cc1. The highest BCUT2D eigenvalue weighted by Crippen LogP contribution is 2.53. The molecule has 0 N–H and O–H groups in total. The van der Waals surface area contributed by atoms with E-state index in [0.29, 0.717) is 12.2 Å². The van der Waals surface area contributed by atoms with Crippen LogP contribution in [0, 0.1) is 12.3 Å². The minimum Gasteiger partial charge on any atom is -0.468 e. The van der Waals surface area contributed by atoms with E-state index in [9.17, 15) is 0 Å². The van der Waals surface area contributed by atoms with Crippen molar-refractivity contribution in [3.8, 4) is 5.75 Å². The normalized spacial score (nSPS) is 30.5. The topological polar surface area (TPSA) is 18.5 Å². The summed E-state index contributed by atoms with van der Waals surface area (Å²) in [6, 6.07) is 8.16. The van der Waals surface area contributed by atoms with Crippen LogP contribution in [-0.4, -0.2) is 12.4 Å². The van der Waals surface area contributed by atoms with Gasteiger partial charge in [0, 0.05) is 0 Å². The first-order valence-corrected chi connectivity index (χ1v) is 8.43. The van der Waals surface area contributed by atoms with Gasteiger partial charge < -0.3 is 9.47 Å². The van der Waals surface area contributed by atoms with E-state index >= 15 is 0 Å². The van der Waals surface area contributed by atoms with E-state index in [-0.39, 0.29) is 5.60 Å². The van der Waals surface area contributed by atoms with Crippen molar-refractivity contribution in [2.45, 2.75) is 71.8 Å². The highest BCUT2D eigenvalue weighted by atomic mass is 16.7. The van der Waals surface area contributed by atoms with E-state index in [1.807, 2.05) is 26.0 Å². The Morgan fingerprint density at radius 2 is 1.43 bits per heavy atom. The van der Waals surface area contributed by atoms with Gasteiger partial charge >= 0.3 is 0 Å². The number of benzene rings is 1. The molecule has 0 aliphatic heterocycles. The molecule has 0 spiro atoms. The first-order chi connectivity index (χ1) is 10.1. The highest BCUT2D eigenvalue weighted by Gasteiger charge is 2.46. The lowest BCUT2D eigenvalue weighted by Gasteiger charge is -2.51. The quantitative estimate of drug-likeness (QED) is 0.683. The summed E-state index contributed by atoms with van der Waals surface area (Å²) in [6.45, 7) is 8.90. The molecule has 0 saturated heterocycles. The molecule has 0 unspecified atom stereocenters. The van der Waals surface area contributed by atoms with E-state index in [2.05, 4.69) is 26.0 Å². The van der Waals surface area contributed by atoms with Gasteiger partial charge in [0.05, 0.1) is 5.60 Å². The minimum atomic E-state index is 0.114. The summed E-state index contributed by atoms with van der Waals surface area (Å²) in [5, 5.41) is 0. The van der Waals surface area contributed by atoms with Crippen molar-refractivity contribution < 1.29 is 9.47 Å². The Bertz CT molecular complexity index is 411. The molecule has 3 saturated carbocycles. The largest absolute Gasteiger partial charge is 0.468 e. The summed E-state index contributed by atoms with van der Waals surface area (Å²) >= 11 is 0. The first-order valence-electron chi connectivity index (χ1n) is 8.43. The van der Waals surface area contributed by atoms with E-state index in [1.165, 1.54) is 44.1 Å². The van der Waals surface area contributed by atoms with Crippen LogP contribution in [0.25, 0.3) is 0 Å². The summed E-state index contributed by atoms with van der Waals surface area (Å²) in [7, 11) is 0. The van der Waals surface area contributed by atoms with E-state index in [0.717, 1.165) is 5.75 Å². The van der Waals surface area contributed by atoms with Crippen molar-refractivity contribution in [1.82, 2.24) is 0 Å². The third-order valence-electron chi connectivity index (χ3n) is 5.16. The van der Waals surface area contributed by atoms with Gasteiger partial charge in [-0.25, -0.2) is 0 Å². The maximum atomic E-state index is 6.11. The number of fused-ring (bicyclic) bond motifs is 3. The second-order valence-corrected chi connectivity index (χ2v) is 6.71. The Kier molecular flexibility index (Phi) is 5.32. The van der Waals surface area contributed by atoms with Gasteiger partial charge in [0.15, 0.2) is 6.79 Å². The third kappa shape index (κ3) is 4.00. The Morgan fingerprint density at radius 3 is 1.95 bits per heavy atom. The zero-order chi connectivity index (χ0) is 15.3. The molecule has 4 rings (SSSR count). The molecule has 0 amide bonds. The lowest BCUT2D eigenvalue weighted by Crippen LogP contribution is -2.47. The van der Waals surface area contributed by atoms with Crippen LogP contribution in [-0.2, 0) is 4.74 Å². The maximum Gasteiger partial charge on any atom is 0.189 e. The summed E-state index contributed by atoms with van der Waals surface area (Å²) in [5.74, 6) is 0.901. The fourth-order valence-corrected chi connectivity index (χ4v) is 3.41. The van der Waals surface area contributed by atoms with Crippen LogP contribution in [0.4, 0.5) is 0 Å². The van der Waals surface area contributed by atoms with Gasteiger partial charge in [-0.05, 0) is 63.0 Å². The van der Waals surface area contributed by atoms with Crippen molar-refractivity contribution in [1.29, 1.82) is 0 Å². The van der Waals surface area contributed by atoms with Crippen molar-refractivity contribution >= 4 is 0 Å². The third-order valence-corrected chi connectivity index (χ3v) is 5.16. The lowest BCUT2D eigenvalue weighted by molar-refractivity contribution is -0.167. The number of hydrogen-bond acceptors (Lipinski definition) is 2. The first kappa shape index (κ1) is 16.4. The predicted octanol–water partition coefficient (Wildman–Crippen LogP) is 5.49. The molecule has 0 heterocycles. The summed E-state index contributed by atoms with van der Waals surface area (Å²) in [6.07, 6.45) is 7.58. The molecule has 0 radical (unpaired) electrons.